The first-order chi connectivity index (χ1) is 9.10. The molecule has 1 aliphatic carbocycles. The Hall–Kier alpha value is -1.62. The Morgan fingerprint density at radius 1 is 1.37 bits per heavy atom. The SMILES string of the molecule is Cc1ccc(OC2CCC(CO)CC2)c([N+](=O)[O-])c1. The van der Waals surface area contributed by atoms with Crippen LogP contribution in [0.2, 0.25) is 0 Å². The number of benzene rings is 1. The monoisotopic (exact) mass is 265 g/mol. The third kappa shape index (κ3) is 3.44. The number of aliphatic hydroxyl groups excluding tert-OH is 1. The predicted octanol–water partition coefficient (Wildman–Crippen LogP) is 2.83. The van der Waals surface area contributed by atoms with Crippen LogP contribution in [0.1, 0.15) is 31.2 Å². The van der Waals surface area contributed by atoms with Gasteiger partial charge in [0.2, 0.25) is 0 Å². The Kier molecular flexibility index (Phi) is 4.37. The second kappa shape index (κ2) is 6.02. The molecule has 0 heterocycles. The molecule has 1 aliphatic rings. The van der Waals surface area contributed by atoms with Gasteiger partial charge in [-0.3, -0.25) is 10.1 Å². The first kappa shape index (κ1) is 13.8. The van der Waals surface area contributed by atoms with Crippen molar-refractivity contribution in [2.75, 3.05) is 6.61 Å². The summed E-state index contributed by atoms with van der Waals surface area (Å²) in [7, 11) is 0. The highest BCUT2D eigenvalue weighted by Crippen LogP contribution is 2.32. The molecule has 0 bridgehead atoms. The summed E-state index contributed by atoms with van der Waals surface area (Å²) >= 11 is 0. The van der Waals surface area contributed by atoms with E-state index in [1.807, 2.05) is 13.0 Å². The van der Waals surface area contributed by atoms with Crippen LogP contribution in [0.25, 0.3) is 0 Å². The average molecular weight is 265 g/mol. The maximum atomic E-state index is 11.0. The average Bonchev–Trinajstić information content (AvgIpc) is 2.41. The lowest BCUT2D eigenvalue weighted by Gasteiger charge is -2.27. The minimum absolute atomic E-state index is 0.0178. The second-order valence-electron chi connectivity index (χ2n) is 5.17. The number of aryl methyl sites for hydroxylation is 1. The minimum atomic E-state index is -0.401. The highest BCUT2D eigenvalue weighted by atomic mass is 16.6. The molecule has 0 amide bonds. The number of ether oxygens (including phenoxy) is 1. The standard InChI is InChI=1S/C14H19NO4/c1-10-2-7-14(13(8-10)15(17)18)19-12-5-3-11(9-16)4-6-12/h2,7-8,11-12,16H,3-6,9H2,1H3. The van der Waals surface area contributed by atoms with E-state index in [0.29, 0.717) is 11.7 Å². The van der Waals surface area contributed by atoms with Crippen molar-refractivity contribution in [3.8, 4) is 5.75 Å². The molecule has 0 aliphatic heterocycles. The Labute approximate surface area is 112 Å². The lowest BCUT2D eigenvalue weighted by molar-refractivity contribution is -0.386. The van der Waals surface area contributed by atoms with Gasteiger partial charge in [0, 0.05) is 12.7 Å². The van der Waals surface area contributed by atoms with Crippen LogP contribution < -0.4 is 4.74 Å². The zero-order chi connectivity index (χ0) is 13.8. The van der Waals surface area contributed by atoms with Crippen LogP contribution in [0.15, 0.2) is 18.2 Å². The maximum Gasteiger partial charge on any atom is 0.311 e. The zero-order valence-corrected chi connectivity index (χ0v) is 11.0. The Bertz CT molecular complexity index is 453. The van der Waals surface area contributed by atoms with Crippen molar-refractivity contribution < 1.29 is 14.8 Å². The van der Waals surface area contributed by atoms with Crippen molar-refractivity contribution in [1.82, 2.24) is 0 Å². The van der Waals surface area contributed by atoms with Crippen LogP contribution in [-0.2, 0) is 0 Å². The molecule has 1 N–H and O–H groups in total. The summed E-state index contributed by atoms with van der Waals surface area (Å²) in [5, 5.41) is 20.1. The number of nitrogens with zero attached hydrogens (tertiary/aromatic N) is 1. The van der Waals surface area contributed by atoms with Gasteiger partial charge in [0.15, 0.2) is 5.75 Å². The number of rotatable bonds is 4. The molecule has 0 aromatic heterocycles. The van der Waals surface area contributed by atoms with Gasteiger partial charge in [-0.2, -0.15) is 0 Å². The van der Waals surface area contributed by atoms with E-state index < -0.39 is 4.92 Å². The topological polar surface area (TPSA) is 72.6 Å². The van der Waals surface area contributed by atoms with Crippen molar-refractivity contribution in [1.29, 1.82) is 0 Å². The van der Waals surface area contributed by atoms with Gasteiger partial charge >= 0.3 is 5.69 Å². The van der Waals surface area contributed by atoms with E-state index in [1.54, 1.807) is 6.07 Å². The molecule has 0 saturated heterocycles. The van der Waals surface area contributed by atoms with E-state index in [-0.39, 0.29) is 18.4 Å². The highest BCUT2D eigenvalue weighted by molar-refractivity contribution is 5.48. The van der Waals surface area contributed by atoms with Crippen LogP contribution in [0.5, 0.6) is 5.75 Å². The van der Waals surface area contributed by atoms with Crippen LogP contribution >= 0.6 is 0 Å². The number of hydrogen-bond acceptors (Lipinski definition) is 4. The molecule has 1 aromatic rings. The second-order valence-corrected chi connectivity index (χ2v) is 5.17. The fraction of sp³-hybridized carbons (Fsp3) is 0.571. The summed E-state index contributed by atoms with van der Waals surface area (Å²) < 4.78 is 5.77. The first-order valence-electron chi connectivity index (χ1n) is 6.62. The van der Waals surface area contributed by atoms with Gasteiger partial charge in [-0.25, -0.2) is 0 Å². The van der Waals surface area contributed by atoms with Crippen molar-refractivity contribution in [2.24, 2.45) is 5.92 Å². The normalized spacial score (nSPS) is 23.1. The van der Waals surface area contributed by atoms with Crippen LogP contribution in [0.4, 0.5) is 5.69 Å². The lowest BCUT2D eigenvalue weighted by Crippen LogP contribution is -2.25. The summed E-state index contributed by atoms with van der Waals surface area (Å²) in [4.78, 5) is 10.6. The summed E-state index contributed by atoms with van der Waals surface area (Å²) in [6.45, 7) is 2.04. The van der Waals surface area contributed by atoms with Crippen LogP contribution in [0.3, 0.4) is 0 Å². The third-order valence-corrected chi connectivity index (χ3v) is 3.66. The largest absolute Gasteiger partial charge is 0.484 e. The molecule has 104 valence electrons. The third-order valence-electron chi connectivity index (χ3n) is 3.66. The minimum Gasteiger partial charge on any atom is -0.484 e. The summed E-state index contributed by atoms with van der Waals surface area (Å²) in [5.41, 5.74) is 0.882. The number of hydrogen-bond donors (Lipinski definition) is 1. The summed E-state index contributed by atoms with van der Waals surface area (Å²) in [6, 6.07) is 5.03. The van der Waals surface area contributed by atoms with Gasteiger partial charge < -0.3 is 9.84 Å². The number of aliphatic hydroxyl groups is 1. The molecule has 0 spiro atoms. The van der Waals surface area contributed by atoms with Gasteiger partial charge in [-0.1, -0.05) is 6.07 Å². The highest BCUT2D eigenvalue weighted by Gasteiger charge is 2.24. The molecule has 0 unspecified atom stereocenters. The molecule has 5 heteroatoms. The predicted molar refractivity (Wildman–Crippen MR) is 71.3 cm³/mol. The van der Waals surface area contributed by atoms with E-state index in [4.69, 9.17) is 9.84 Å². The van der Waals surface area contributed by atoms with Crippen LogP contribution in [-0.4, -0.2) is 22.7 Å². The molecular formula is C14H19NO4. The summed E-state index contributed by atoms with van der Waals surface area (Å²) in [5.74, 6) is 0.705. The van der Waals surface area contributed by atoms with E-state index in [2.05, 4.69) is 0 Å². The van der Waals surface area contributed by atoms with Gasteiger partial charge in [0.05, 0.1) is 11.0 Å². The number of nitro groups is 1. The molecule has 1 saturated carbocycles. The lowest BCUT2D eigenvalue weighted by atomic mass is 9.88. The van der Waals surface area contributed by atoms with E-state index >= 15 is 0 Å². The molecular weight excluding hydrogens is 246 g/mol. The fourth-order valence-electron chi connectivity index (χ4n) is 2.48. The van der Waals surface area contributed by atoms with Gasteiger partial charge in [-0.05, 0) is 50.2 Å². The van der Waals surface area contributed by atoms with Gasteiger partial charge in [0.25, 0.3) is 0 Å². The van der Waals surface area contributed by atoms with Crippen molar-refractivity contribution >= 4 is 5.69 Å². The van der Waals surface area contributed by atoms with Crippen molar-refractivity contribution in [3.05, 3.63) is 33.9 Å². The quantitative estimate of drug-likeness (QED) is 0.671. The summed E-state index contributed by atoms with van der Waals surface area (Å²) in [6.07, 6.45) is 3.54. The smallest absolute Gasteiger partial charge is 0.311 e. The van der Waals surface area contributed by atoms with Gasteiger partial charge in [-0.15, -0.1) is 0 Å². The Morgan fingerprint density at radius 3 is 2.63 bits per heavy atom. The molecule has 5 nitrogen and oxygen atoms in total. The van der Waals surface area contributed by atoms with E-state index in [1.165, 1.54) is 6.07 Å². The fourth-order valence-corrected chi connectivity index (χ4v) is 2.48. The number of nitro benzene ring substituents is 1. The Morgan fingerprint density at radius 2 is 2.05 bits per heavy atom. The molecule has 0 radical (unpaired) electrons. The molecule has 1 aromatic carbocycles. The molecule has 19 heavy (non-hydrogen) atoms. The zero-order valence-electron chi connectivity index (χ0n) is 11.0. The van der Waals surface area contributed by atoms with E-state index in [0.717, 1.165) is 31.2 Å². The molecule has 1 fully saturated rings. The first-order valence-corrected chi connectivity index (χ1v) is 6.62. The van der Waals surface area contributed by atoms with E-state index in [9.17, 15) is 10.1 Å². The van der Waals surface area contributed by atoms with Crippen molar-refractivity contribution in [3.63, 3.8) is 0 Å². The Balaban J connectivity index is 2.05. The maximum absolute atomic E-state index is 11.0. The molecule has 0 atom stereocenters. The van der Waals surface area contributed by atoms with Crippen LogP contribution in [0, 0.1) is 23.0 Å². The van der Waals surface area contributed by atoms with Gasteiger partial charge in [0.1, 0.15) is 0 Å². The molecule has 2 rings (SSSR count). The van der Waals surface area contributed by atoms with Crippen molar-refractivity contribution in [2.45, 2.75) is 38.7 Å².